The smallest absolute Gasteiger partial charge is 0.254 e. The van der Waals surface area contributed by atoms with Crippen LogP contribution in [0.25, 0.3) is 0 Å². The monoisotopic (exact) mass is 411 g/mol. The zero-order chi connectivity index (χ0) is 21.0. The molecule has 2 aromatic carbocycles. The number of aromatic nitrogens is 1. The summed E-state index contributed by atoms with van der Waals surface area (Å²) in [7, 11) is 0. The van der Waals surface area contributed by atoms with Crippen molar-refractivity contribution in [2.75, 3.05) is 18.5 Å². The highest BCUT2D eigenvalue weighted by Crippen LogP contribution is 2.54. The third-order valence-corrected chi connectivity index (χ3v) is 6.78. The van der Waals surface area contributed by atoms with Gasteiger partial charge >= 0.3 is 0 Å². The minimum absolute atomic E-state index is 0.0554. The Morgan fingerprint density at radius 1 is 1.16 bits per heavy atom. The van der Waals surface area contributed by atoms with E-state index in [1.807, 2.05) is 59.5 Å². The molecule has 154 valence electrons. The van der Waals surface area contributed by atoms with Gasteiger partial charge in [-0.2, -0.15) is 0 Å². The van der Waals surface area contributed by atoms with Crippen LogP contribution in [0.1, 0.15) is 39.5 Å². The maximum Gasteiger partial charge on any atom is 0.254 e. The summed E-state index contributed by atoms with van der Waals surface area (Å²) in [5, 5.41) is 3.05. The lowest BCUT2D eigenvalue weighted by Gasteiger charge is -2.34. The molecular formula is C25H21N3O3. The number of nitrogens with zero attached hydrogens (tertiary/aromatic N) is 2. The SMILES string of the molecule is O=C(c1ccc2c(c1)CCO2)N1CCC2(C(=O)Nc3ccccc32)C1c1cccnc1. The summed E-state index contributed by atoms with van der Waals surface area (Å²) in [6, 6.07) is 16.8. The van der Waals surface area contributed by atoms with E-state index < -0.39 is 11.5 Å². The van der Waals surface area contributed by atoms with Crippen LogP contribution in [-0.2, 0) is 16.6 Å². The minimum Gasteiger partial charge on any atom is -0.493 e. The van der Waals surface area contributed by atoms with Crippen LogP contribution in [0.4, 0.5) is 5.69 Å². The molecule has 6 heteroatoms. The highest BCUT2D eigenvalue weighted by Gasteiger charge is 2.59. The molecule has 0 saturated carbocycles. The molecule has 0 bridgehead atoms. The van der Waals surface area contributed by atoms with Gasteiger partial charge in [0.2, 0.25) is 5.91 Å². The Balaban J connectivity index is 1.48. The van der Waals surface area contributed by atoms with E-state index in [9.17, 15) is 9.59 Å². The lowest BCUT2D eigenvalue weighted by atomic mass is 9.73. The average Bonchev–Trinajstić information content (AvgIpc) is 3.51. The minimum atomic E-state index is -0.824. The Hall–Kier alpha value is -3.67. The van der Waals surface area contributed by atoms with Gasteiger partial charge in [0, 0.05) is 36.6 Å². The zero-order valence-corrected chi connectivity index (χ0v) is 16.9. The molecule has 2 amide bonds. The van der Waals surface area contributed by atoms with E-state index in [0.29, 0.717) is 25.1 Å². The van der Waals surface area contributed by atoms with E-state index >= 15 is 0 Å². The average molecular weight is 411 g/mol. The largest absolute Gasteiger partial charge is 0.493 e. The van der Waals surface area contributed by atoms with Crippen molar-refractivity contribution in [2.45, 2.75) is 24.3 Å². The van der Waals surface area contributed by atoms with Crippen LogP contribution in [0.3, 0.4) is 0 Å². The Kier molecular flexibility index (Phi) is 3.90. The predicted molar refractivity (Wildman–Crippen MR) is 115 cm³/mol. The predicted octanol–water partition coefficient (Wildman–Crippen LogP) is 3.49. The number of carbonyl (C=O) groups excluding carboxylic acids is 2. The second-order valence-electron chi connectivity index (χ2n) is 8.33. The van der Waals surface area contributed by atoms with Gasteiger partial charge in [-0.1, -0.05) is 24.3 Å². The standard InChI is InChI=1S/C25H21N3O3/c29-23(17-7-8-21-16(14-17)9-13-31-21)28-12-10-25(22(28)18-4-3-11-26-15-18)19-5-1-2-6-20(19)27-24(25)30/h1-8,11,14-15,22H,9-10,12-13H2,(H,27,30). The number of rotatable bonds is 2. The molecule has 6 rings (SSSR count). The number of hydrogen-bond donors (Lipinski definition) is 1. The van der Waals surface area contributed by atoms with Gasteiger partial charge in [-0.25, -0.2) is 0 Å². The normalized spacial score (nSPS) is 23.4. The second-order valence-corrected chi connectivity index (χ2v) is 8.33. The number of carbonyl (C=O) groups is 2. The first-order valence-electron chi connectivity index (χ1n) is 10.6. The maximum absolute atomic E-state index is 13.7. The fourth-order valence-electron chi connectivity index (χ4n) is 5.39. The van der Waals surface area contributed by atoms with E-state index in [1.165, 1.54) is 0 Å². The summed E-state index contributed by atoms with van der Waals surface area (Å²) in [6.45, 7) is 1.14. The molecule has 1 aromatic heterocycles. The highest BCUT2D eigenvalue weighted by molar-refractivity contribution is 6.08. The van der Waals surface area contributed by atoms with E-state index in [-0.39, 0.29) is 11.8 Å². The number of likely N-dealkylation sites (tertiary alicyclic amines) is 1. The maximum atomic E-state index is 13.7. The molecule has 3 aromatic rings. The van der Waals surface area contributed by atoms with Crippen LogP contribution in [0.2, 0.25) is 0 Å². The summed E-state index contributed by atoms with van der Waals surface area (Å²) in [4.78, 5) is 33.3. The van der Waals surface area contributed by atoms with E-state index in [1.54, 1.807) is 12.4 Å². The van der Waals surface area contributed by atoms with Gasteiger partial charge in [0.05, 0.1) is 12.6 Å². The Bertz CT molecular complexity index is 1210. The molecule has 1 spiro atoms. The van der Waals surface area contributed by atoms with E-state index in [2.05, 4.69) is 10.3 Å². The molecule has 6 nitrogen and oxygen atoms in total. The molecule has 2 unspecified atom stereocenters. The van der Waals surface area contributed by atoms with Gasteiger partial charge in [0.1, 0.15) is 11.2 Å². The molecule has 4 heterocycles. The molecule has 0 aliphatic carbocycles. The lowest BCUT2D eigenvalue weighted by Crippen LogP contribution is -2.42. The van der Waals surface area contributed by atoms with Crippen LogP contribution in [0, 0.1) is 0 Å². The van der Waals surface area contributed by atoms with Crippen LogP contribution in [0.5, 0.6) is 5.75 Å². The number of para-hydroxylation sites is 1. The summed E-state index contributed by atoms with van der Waals surface area (Å²) in [6.07, 6.45) is 4.85. The Labute approximate surface area is 179 Å². The molecule has 3 aliphatic rings. The number of amides is 2. The lowest BCUT2D eigenvalue weighted by molar-refractivity contribution is -0.121. The van der Waals surface area contributed by atoms with Crippen molar-refractivity contribution >= 4 is 17.5 Å². The molecule has 31 heavy (non-hydrogen) atoms. The zero-order valence-electron chi connectivity index (χ0n) is 16.9. The third-order valence-electron chi connectivity index (χ3n) is 6.78. The number of ether oxygens (including phenoxy) is 1. The number of nitrogens with one attached hydrogen (secondary N) is 1. The van der Waals surface area contributed by atoms with Crippen LogP contribution in [-0.4, -0.2) is 34.8 Å². The molecule has 1 fully saturated rings. The van der Waals surface area contributed by atoms with Crippen LogP contribution < -0.4 is 10.1 Å². The summed E-state index contributed by atoms with van der Waals surface area (Å²) < 4.78 is 5.59. The number of fused-ring (bicyclic) bond motifs is 3. The van der Waals surface area contributed by atoms with E-state index in [0.717, 1.165) is 34.5 Å². The van der Waals surface area contributed by atoms with Gasteiger partial charge in [-0.15, -0.1) is 0 Å². The first kappa shape index (κ1) is 18.1. The molecule has 2 atom stereocenters. The Morgan fingerprint density at radius 3 is 2.94 bits per heavy atom. The molecular weight excluding hydrogens is 390 g/mol. The van der Waals surface area contributed by atoms with Crippen LogP contribution >= 0.6 is 0 Å². The quantitative estimate of drug-likeness (QED) is 0.701. The molecule has 0 radical (unpaired) electrons. The number of benzene rings is 2. The Morgan fingerprint density at radius 2 is 2.06 bits per heavy atom. The first-order valence-corrected chi connectivity index (χ1v) is 10.6. The topological polar surface area (TPSA) is 71.5 Å². The van der Waals surface area contributed by atoms with Crippen molar-refractivity contribution in [3.8, 4) is 5.75 Å². The highest BCUT2D eigenvalue weighted by atomic mass is 16.5. The fraction of sp³-hybridized carbons (Fsp3) is 0.240. The van der Waals surface area contributed by atoms with Crippen molar-refractivity contribution in [3.05, 3.63) is 89.2 Å². The summed E-state index contributed by atoms with van der Waals surface area (Å²) in [5.74, 6) is 0.722. The van der Waals surface area contributed by atoms with Gasteiger partial charge in [0.15, 0.2) is 0 Å². The van der Waals surface area contributed by atoms with Crippen molar-refractivity contribution in [1.29, 1.82) is 0 Å². The molecule has 1 N–H and O–H groups in total. The van der Waals surface area contributed by atoms with Gasteiger partial charge < -0.3 is 15.0 Å². The number of pyridine rings is 1. The van der Waals surface area contributed by atoms with Crippen molar-refractivity contribution in [1.82, 2.24) is 9.88 Å². The van der Waals surface area contributed by atoms with Crippen molar-refractivity contribution in [3.63, 3.8) is 0 Å². The van der Waals surface area contributed by atoms with Crippen LogP contribution in [0.15, 0.2) is 67.0 Å². The summed E-state index contributed by atoms with van der Waals surface area (Å²) >= 11 is 0. The number of hydrogen-bond acceptors (Lipinski definition) is 4. The fourth-order valence-corrected chi connectivity index (χ4v) is 5.39. The van der Waals surface area contributed by atoms with Gasteiger partial charge in [0.25, 0.3) is 5.91 Å². The summed E-state index contributed by atoms with van der Waals surface area (Å²) in [5.41, 5.74) is 3.50. The second kappa shape index (κ2) is 6.67. The van der Waals surface area contributed by atoms with E-state index in [4.69, 9.17) is 4.74 Å². The third kappa shape index (κ3) is 2.54. The number of anilines is 1. The van der Waals surface area contributed by atoms with Crippen molar-refractivity contribution < 1.29 is 14.3 Å². The molecule has 3 aliphatic heterocycles. The van der Waals surface area contributed by atoms with Crippen molar-refractivity contribution in [2.24, 2.45) is 0 Å². The molecule has 1 saturated heterocycles. The van der Waals surface area contributed by atoms with Gasteiger partial charge in [-0.3, -0.25) is 14.6 Å². The first-order chi connectivity index (χ1) is 15.2. The van der Waals surface area contributed by atoms with Gasteiger partial charge in [-0.05, 0) is 53.4 Å².